The number of nitrogens with zero attached hydrogens (tertiary/aromatic N) is 2. The Morgan fingerprint density at radius 3 is 2.62 bits per heavy atom. The fraction of sp³-hybridized carbons (Fsp3) is 0.316. The van der Waals surface area contributed by atoms with Crippen molar-refractivity contribution in [1.29, 1.82) is 0 Å². The monoisotopic (exact) mass is 355 g/mol. The summed E-state index contributed by atoms with van der Waals surface area (Å²) in [5.74, 6) is 0.649. The van der Waals surface area contributed by atoms with Gasteiger partial charge < -0.3 is 14.3 Å². The van der Waals surface area contributed by atoms with Gasteiger partial charge >= 0.3 is 0 Å². The molecule has 6 nitrogen and oxygen atoms in total. The lowest BCUT2D eigenvalue weighted by Crippen LogP contribution is -2.37. The first-order valence-corrected chi connectivity index (χ1v) is 8.33. The van der Waals surface area contributed by atoms with E-state index in [4.69, 9.17) is 8.94 Å². The molecule has 1 atom stereocenters. The van der Waals surface area contributed by atoms with Crippen LogP contribution in [-0.2, 0) is 16.8 Å². The molecule has 2 aromatic heterocycles. The second-order valence-electron chi connectivity index (χ2n) is 7.15. The smallest absolute Gasteiger partial charge is 0.293 e. The van der Waals surface area contributed by atoms with E-state index in [0.717, 1.165) is 5.56 Å². The van der Waals surface area contributed by atoms with Crippen LogP contribution in [-0.4, -0.2) is 16.0 Å². The molecule has 0 bridgehead atoms. The van der Waals surface area contributed by atoms with Crippen molar-refractivity contribution in [2.75, 3.05) is 0 Å². The zero-order chi connectivity index (χ0) is 18.4. The Hall–Kier alpha value is -2.96. The van der Waals surface area contributed by atoms with E-state index in [2.05, 4.69) is 15.5 Å². The van der Waals surface area contributed by atoms with Crippen molar-refractivity contribution in [1.82, 2.24) is 15.5 Å². The molecule has 0 saturated heterocycles. The third-order valence-corrected chi connectivity index (χ3v) is 5.07. The summed E-state index contributed by atoms with van der Waals surface area (Å²) in [6.07, 6.45) is 2.21. The van der Waals surface area contributed by atoms with E-state index in [1.807, 2.05) is 13.8 Å². The molecule has 0 radical (unpaired) electrons. The zero-order valence-corrected chi connectivity index (χ0v) is 14.5. The standard InChI is InChI=1S/C19H18FN3O3/c1-18(2)11-19(18,12-5-7-13(20)8-6-12)17(24)21-10-15-22-16(26-23-15)14-4-3-9-25-14/h3-9H,10-11H2,1-2H3,(H,21,24)/t19-/m1/s1. The highest BCUT2D eigenvalue weighted by Crippen LogP contribution is 2.64. The number of halogens is 1. The van der Waals surface area contributed by atoms with Crippen LogP contribution < -0.4 is 5.32 Å². The minimum absolute atomic E-state index is 0.126. The van der Waals surface area contributed by atoms with E-state index >= 15 is 0 Å². The predicted molar refractivity (Wildman–Crippen MR) is 90.3 cm³/mol. The number of benzene rings is 1. The lowest BCUT2D eigenvalue weighted by Gasteiger charge is -2.20. The molecule has 1 aliphatic carbocycles. The summed E-state index contributed by atoms with van der Waals surface area (Å²) in [7, 11) is 0. The van der Waals surface area contributed by atoms with Crippen LogP contribution in [0.1, 0.15) is 31.7 Å². The molecular weight excluding hydrogens is 337 g/mol. The van der Waals surface area contributed by atoms with Gasteiger partial charge in [-0.05, 0) is 41.7 Å². The van der Waals surface area contributed by atoms with Crippen LogP contribution in [0.4, 0.5) is 4.39 Å². The SMILES string of the molecule is CC1(C)C[C@]1(C(=O)NCc1noc(-c2ccco2)n1)c1ccc(F)cc1. The third kappa shape index (κ3) is 2.60. The molecule has 0 unspecified atom stereocenters. The van der Waals surface area contributed by atoms with Gasteiger partial charge in [-0.15, -0.1) is 0 Å². The van der Waals surface area contributed by atoms with Crippen LogP contribution in [0.25, 0.3) is 11.7 Å². The first-order valence-electron chi connectivity index (χ1n) is 8.33. The van der Waals surface area contributed by atoms with Crippen LogP contribution >= 0.6 is 0 Å². The molecule has 26 heavy (non-hydrogen) atoms. The highest BCUT2D eigenvalue weighted by molar-refractivity contribution is 5.93. The molecule has 2 heterocycles. The maximum absolute atomic E-state index is 13.2. The number of nitrogens with one attached hydrogen (secondary N) is 1. The first-order chi connectivity index (χ1) is 12.4. The van der Waals surface area contributed by atoms with E-state index in [0.29, 0.717) is 18.0 Å². The highest BCUT2D eigenvalue weighted by atomic mass is 19.1. The van der Waals surface area contributed by atoms with Crippen molar-refractivity contribution in [2.45, 2.75) is 32.2 Å². The summed E-state index contributed by atoms with van der Waals surface area (Å²) >= 11 is 0. The Labute approximate surface area is 149 Å². The summed E-state index contributed by atoms with van der Waals surface area (Å²) < 4.78 is 23.6. The molecule has 0 spiro atoms. The molecule has 0 aliphatic heterocycles. The van der Waals surface area contributed by atoms with E-state index in [1.54, 1.807) is 24.3 Å². The summed E-state index contributed by atoms with van der Waals surface area (Å²) in [5.41, 5.74) is -0.0643. The summed E-state index contributed by atoms with van der Waals surface area (Å²) in [5, 5.41) is 6.74. The lowest BCUT2D eigenvalue weighted by atomic mass is 9.87. The van der Waals surface area contributed by atoms with Gasteiger partial charge in [0.2, 0.25) is 5.91 Å². The van der Waals surface area contributed by atoms with Gasteiger partial charge in [-0.2, -0.15) is 4.98 Å². The summed E-state index contributed by atoms with van der Waals surface area (Å²) in [6, 6.07) is 9.55. The van der Waals surface area contributed by atoms with Gasteiger partial charge in [0, 0.05) is 0 Å². The molecule has 1 aliphatic rings. The maximum atomic E-state index is 13.2. The minimum Gasteiger partial charge on any atom is -0.459 e. The number of amides is 1. The van der Waals surface area contributed by atoms with Crippen LogP contribution in [0.3, 0.4) is 0 Å². The molecule has 3 aromatic rings. The fourth-order valence-corrected chi connectivity index (χ4v) is 3.50. The number of hydrogen-bond donors (Lipinski definition) is 1. The Bertz CT molecular complexity index is 931. The first kappa shape index (κ1) is 16.5. The minimum atomic E-state index is -0.672. The van der Waals surface area contributed by atoms with Gasteiger partial charge in [0.1, 0.15) is 5.82 Å². The molecule has 1 amide bonds. The normalized spacial score (nSPS) is 20.7. The number of aromatic nitrogens is 2. The summed E-state index contributed by atoms with van der Waals surface area (Å²) in [4.78, 5) is 17.1. The van der Waals surface area contributed by atoms with Crippen molar-refractivity contribution in [2.24, 2.45) is 5.41 Å². The van der Waals surface area contributed by atoms with Crippen molar-refractivity contribution in [3.8, 4) is 11.7 Å². The summed E-state index contributed by atoms with van der Waals surface area (Å²) in [6.45, 7) is 4.20. The van der Waals surface area contributed by atoms with Crippen molar-refractivity contribution in [3.63, 3.8) is 0 Å². The van der Waals surface area contributed by atoms with Crippen molar-refractivity contribution < 1.29 is 18.1 Å². The molecule has 1 saturated carbocycles. The van der Waals surface area contributed by atoms with E-state index in [9.17, 15) is 9.18 Å². The number of furan rings is 1. The Balaban J connectivity index is 1.49. The second-order valence-corrected chi connectivity index (χ2v) is 7.15. The number of carbonyl (C=O) groups excluding carboxylic acids is 1. The number of carbonyl (C=O) groups is 1. The molecule has 1 N–H and O–H groups in total. The molecule has 1 fully saturated rings. The van der Waals surface area contributed by atoms with Gasteiger partial charge in [-0.3, -0.25) is 4.79 Å². The van der Waals surface area contributed by atoms with Crippen LogP contribution in [0, 0.1) is 11.2 Å². The highest BCUT2D eigenvalue weighted by Gasteiger charge is 2.67. The Kier molecular flexibility index (Phi) is 3.68. The predicted octanol–water partition coefficient (Wildman–Crippen LogP) is 3.45. The van der Waals surface area contributed by atoms with E-state index < -0.39 is 5.41 Å². The quantitative estimate of drug-likeness (QED) is 0.758. The van der Waals surface area contributed by atoms with E-state index in [1.165, 1.54) is 18.4 Å². The van der Waals surface area contributed by atoms with Crippen LogP contribution in [0.2, 0.25) is 0 Å². The maximum Gasteiger partial charge on any atom is 0.293 e. The van der Waals surface area contributed by atoms with Crippen LogP contribution in [0.15, 0.2) is 51.6 Å². The zero-order valence-electron chi connectivity index (χ0n) is 14.5. The second kappa shape index (κ2) is 5.79. The average molecular weight is 355 g/mol. The fourth-order valence-electron chi connectivity index (χ4n) is 3.50. The third-order valence-electron chi connectivity index (χ3n) is 5.07. The van der Waals surface area contributed by atoms with Gasteiger partial charge in [-0.25, -0.2) is 4.39 Å². The lowest BCUT2D eigenvalue weighted by molar-refractivity contribution is -0.124. The van der Waals surface area contributed by atoms with Crippen molar-refractivity contribution >= 4 is 5.91 Å². The average Bonchev–Trinajstić information content (AvgIpc) is 3.06. The molecule has 7 heteroatoms. The van der Waals surface area contributed by atoms with Gasteiger partial charge in [0.15, 0.2) is 11.6 Å². The van der Waals surface area contributed by atoms with Gasteiger partial charge in [0.05, 0.1) is 18.2 Å². The number of hydrogen-bond acceptors (Lipinski definition) is 5. The largest absolute Gasteiger partial charge is 0.459 e. The Morgan fingerprint density at radius 1 is 1.27 bits per heavy atom. The van der Waals surface area contributed by atoms with Crippen molar-refractivity contribution in [3.05, 3.63) is 59.9 Å². The van der Waals surface area contributed by atoms with E-state index in [-0.39, 0.29) is 29.6 Å². The van der Waals surface area contributed by atoms with Crippen LogP contribution in [0.5, 0.6) is 0 Å². The van der Waals surface area contributed by atoms with Gasteiger partial charge in [0.25, 0.3) is 5.89 Å². The number of rotatable bonds is 5. The molecular formula is C19H18FN3O3. The Morgan fingerprint density at radius 2 is 2.00 bits per heavy atom. The van der Waals surface area contributed by atoms with Gasteiger partial charge in [-0.1, -0.05) is 31.1 Å². The molecule has 1 aromatic carbocycles. The topological polar surface area (TPSA) is 81.2 Å². The molecule has 4 rings (SSSR count). The molecule has 134 valence electrons.